The van der Waals surface area contributed by atoms with Gasteiger partial charge in [0.05, 0.1) is 12.6 Å². The third kappa shape index (κ3) is 3.78. The largest absolute Gasteiger partial charge is 0.344 e. The molecule has 7 nitrogen and oxygen atoms in total. The molecule has 0 unspecified atom stereocenters. The first kappa shape index (κ1) is 22.3. The predicted molar refractivity (Wildman–Crippen MR) is 130 cm³/mol. The average Bonchev–Trinajstić information content (AvgIpc) is 3.43. The van der Waals surface area contributed by atoms with Gasteiger partial charge in [-0.3, -0.25) is 19.9 Å². The maximum Gasteiger partial charge on any atom is 0.344 e. The van der Waals surface area contributed by atoms with Crippen LogP contribution in [0.3, 0.4) is 0 Å². The molecule has 174 valence electrons. The smallest absolute Gasteiger partial charge is 0.318 e. The second-order valence-electron chi connectivity index (χ2n) is 8.56. The number of urea groups is 1. The number of thiophene rings is 1. The average molecular weight is 475 g/mol. The lowest BCUT2D eigenvalue weighted by molar-refractivity contribution is -0.140. The number of hydrogen-bond donors (Lipinski definition) is 2. The van der Waals surface area contributed by atoms with Gasteiger partial charge < -0.3 is 5.32 Å². The summed E-state index contributed by atoms with van der Waals surface area (Å²) in [5, 5.41) is 5.72. The Kier molecular flexibility index (Phi) is 5.93. The normalized spacial score (nSPS) is 22.4. The van der Waals surface area contributed by atoms with Crippen molar-refractivity contribution >= 4 is 29.2 Å². The molecule has 2 atom stereocenters. The molecule has 34 heavy (non-hydrogen) atoms. The lowest BCUT2D eigenvalue weighted by Gasteiger charge is -2.36. The minimum absolute atomic E-state index is 0.0518. The van der Waals surface area contributed by atoms with Crippen molar-refractivity contribution in [2.75, 3.05) is 13.1 Å². The third-order valence-corrected chi connectivity index (χ3v) is 7.65. The summed E-state index contributed by atoms with van der Waals surface area (Å²) in [5.41, 5.74) is 4.39. The number of nitrogens with one attached hydrogen (secondary N) is 2. The maximum atomic E-state index is 13.3. The number of hydrazine groups is 1. The lowest BCUT2D eigenvalue weighted by atomic mass is 9.87. The van der Waals surface area contributed by atoms with Crippen LogP contribution in [0.2, 0.25) is 0 Å². The van der Waals surface area contributed by atoms with Gasteiger partial charge in [0, 0.05) is 11.4 Å². The number of carbonyl (C=O) groups excluding carboxylic acids is 3. The number of imide groups is 1. The van der Waals surface area contributed by atoms with Crippen LogP contribution in [0.4, 0.5) is 4.79 Å². The first-order valence-electron chi connectivity index (χ1n) is 11.4. The fourth-order valence-corrected chi connectivity index (χ4v) is 5.85. The third-order valence-electron chi connectivity index (χ3n) is 6.65. The van der Waals surface area contributed by atoms with Crippen LogP contribution in [-0.2, 0) is 21.5 Å². The number of fused-ring (bicyclic) bond motifs is 1. The number of benzene rings is 2. The second-order valence-corrected chi connectivity index (χ2v) is 9.56. The number of hydrogen-bond acceptors (Lipinski definition) is 5. The molecular formula is C26H26N4O3S. The van der Waals surface area contributed by atoms with Gasteiger partial charge >= 0.3 is 6.03 Å². The van der Waals surface area contributed by atoms with Gasteiger partial charge in [-0.1, -0.05) is 67.6 Å². The van der Waals surface area contributed by atoms with Crippen LogP contribution in [0, 0.1) is 0 Å². The highest BCUT2D eigenvalue weighted by Crippen LogP contribution is 2.37. The van der Waals surface area contributed by atoms with E-state index in [1.54, 1.807) is 11.3 Å². The van der Waals surface area contributed by atoms with E-state index in [-0.39, 0.29) is 12.6 Å². The van der Waals surface area contributed by atoms with Crippen molar-refractivity contribution in [1.29, 1.82) is 0 Å². The summed E-state index contributed by atoms with van der Waals surface area (Å²) in [6.07, 6.45) is 1.23. The number of rotatable bonds is 6. The molecule has 4 amide bonds. The fraction of sp³-hybridized carbons (Fsp3) is 0.269. The molecule has 3 heterocycles. The van der Waals surface area contributed by atoms with Gasteiger partial charge in [0.15, 0.2) is 0 Å². The van der Waals surface area contributed by atoms with E-state index >= 15 is 0 Å². The van der Waals surface area contributed by atoms with Crippen molar-refractivity contribution in [3.05, 3.63) is 93.7 Å². The highest BCUT2D eigenvalue weighted by Gasteiger charge is 2.52. The SMILES string of the molecule is CC[C@@]1(c2ccccc2)NC(=O)N(NC(=O)CN2CCc3sccc3[C@@H]2c2ccccc2)C1=O. The lowest BCUT2D eigenvalue weighted by Crippen LogP contribution is -2.52. The Labute approximate surface area is 202 Å². The minimum atomic E-state index is -1.19. The zero-order valence-corrected chi connectivity index (χ0v) is 19.7. The van der Waals surface area contributed by atoms with E-state index in [4.69, 9.17) is 0 Å². The molecular weight excluding hydrogens is 448 g/mol. The van der Waals surface area contributed by atoms with Gasteiger partial charge in [0.25, 0.3) is 11.8 Å². The summed E-state index contributed by atoms with van der Waals surface area (Å²) in [6.45, 7) is 2.62. The molecule has 0 bridgehead atoms. The van der Waals surface area contributed by atoms with E-state index in [0.717, 1.165) is 17.0 Å². The number of carbonyl (C=O) groups is 3. The highest BCUT2D eigenvalue weighted by molar-refractivity contribution is 7.10. The van der Waals surface area contributed by atoms with Gasteiger partial charge in [-0.15, -0.1) is 11.3 Å². The zero-order valence-electron chi connectivity index (χ0n) is 18.9. The van der Waals surface area contributed by atoms with Gasteiger partial charge in [0.1, 0.15) is 5.54 Å². The van der Waals surface area contributed by atoms with Crippen LogP contribution < -0.4 is 10.7 Å². The van der Waals surface area contributed by atoms with E-state index in [2.05, 4.69) is 39.2 Å². The molecule has 0 radical (unpaired) electrons. The van der Waals surface area contributed by atoms with E-state index in [0.29, 0.717) is 18.5 Å². The van der Waals surface area contributed by atoms with Crippen LogP contribution >= 0.6 is 11.3 Å². The summed E-state index contributed by atoms with van der Waals surface area (Å²) in [6, 6.07) is 20.7. The maximum absolute atomic E-state index is 13.3. The monoisotopic (exact) mass is 474 g/mol. The second kappa shape index (κ2) is 9.04. The Bertz CT molecular complexity index is 1210. The van der Waals surface area contributed by atoms with Gasteiger partial charge in [-0.05, 0) is 41.0 Å². The van der Waals surface area contributed by atoms with Crippen LogP contribution in [0.1, 0.15) is 41.0 Å². The summed E-state index contributed by atoms with van der Waals surface area (Å²) in [4.78, 5) is 42.6. The van der Waals surface area contributed by atoms with Gasteiger partial charge in [0.2, 0.25) is 0 Å². The standard InChI is InChI=1S/C26H26N4O3S/c1-2-26(19-11-7-4-8-12-19)24(32)30(25(33)27-26)28-22(31)17-29-15-13-21-20(14-16-34-21)23(29)18-9-5-3-6-10-18/h3-12,14,16,23H,2,13,15,17H2,1H3,(H,27,33)(H,28,31)/t23-,26-/m0/s1. The first-order valence-corrected chi connectivity index (χ1v) is 12.3. The van der Waals surface area contributed by atoms with Gasteiger partial charge in [-0.25, -0.2) is 4.79 Å². The molecule has 5 rings (SSSR count). The molecule has 8 heteroatoms. The number of amides is 4. The first-order chi connectivity index (χ1) is 16.5. The van der Waals surface area contributed by atoms with Crippen molar-refractivity contribution in [2.45, 2.75) is 31.3 Å². The van der Waals surface area contributed by atoms with E-state index in [1.807, 2.05) is 55.5 Å². The van der Waals surface area contributed by atoms with E-state index in [1.165, 1.54) is 10.4 Å². The minimum Gasteiger partial charge on any atom is -0.318 e. The van der Waals surface area contributed by atoms with Crippen molar-refractivity contribution in [2.24, 2.45) is 0 Å². The Morgan fingerprint density at radius 3 is 2.50 bits per heavy atom. The molecule has 0 spiro atoms. The quantitative estimate of drug-likeness (QED) is 0.535. The van der Waals surface area contributed by atoms with Gasteiger partial charge in [-0.2, -0.15) is 5.01 Å². The Balaban J connectivity index is 1.35. The Hall–Kier alpha value is -3.49. The number of nitrogens with zero attached hydrogens (tertiary/aromatic N) is 2. The van der Waals surface area contributed by atoms with E-state index in [9.17, 15) is 14.4 Å². The molecule has 2 aliphatic heterocycles. The van der Waals surface area contributed by atoms with Crippen LogP contribution in [0.5, 0.6) is 0 Å². The molecule has 2 aromatic carbocycles. The fourth-order valence-electron chi connectivity index (χ4n) is 4.95. The van der Waals surface area contributed by atoms with Crippen molar-refractivity contribution < 1.29 is 14.4 Å². The molecule has 1 aromatic heterocycles. The zero-order chi connectivity index (χ0) is 23.7. The van der Waals surface area contributed by atoms with Crippen molar-refractivity contribution in [3.63, 3.8) is 0 Å². The summed E-state index contributed by atoms with van der Waals surface area (Å²) in [7, 11) is 0. The van der Waals surface area contributed by atoms with Crippen LogP contribution in [0.15, 0.2) is 72.1 Å². The molecule has 0 saturated carbocycles. The van der Waals surface area contributed by atoms with Crippen LogP contribution in [0.25, 0.3) is 0 Å². The summed E-state index contributed by atoms with van der Waals surface area (Å²) >= 11 is 1.74. The molecule has 1 saturated heterocycles. The van der Waals surface area contributed by atoms with Crippen LogP contribution in [-0.4, -0.2) is 40.8 Å². The highest BCUT2D eigenvalue weighted by atomic mass is 32.1. The molecule has 0 aliphatic carbocycles. The summed E-state index contributed by atoms with van der Waals surface area (Å²) in [5.74, 6) is -0.874. The molecule has 1 fully saturated rings. The van der Waals surface area contributed by atoms with E-state index < -0.39 is 23.4 Å². The van der Waals surface area contributed by atoms with Crippen molar-refractivity contribution in [1.82, 2.24) is 20.7 Å². The topological polar surface area (TPSA) is 81.8 Å². The summed E-state index contributed by atoms with van der Waals surface area (Å²) < 4.78 is 0. The Morgan fingerprint density at radius 1 is 1.09 bits per heavy atom. The molecule has 3 aromatic rings. The molecule has 2 aliphatic rings. The Morgan fingerprint density at radius 2 is 1.79 bits per heavy atom. The van der Waals surface area contributed by atoms with Crippen molar-refractivity contribution in [3.8, 4) is 0 Å². The molecule has 2 N–H and O–H groups in total. The predicted octanol–water partition coefficient (Wildman–Crippen LogP) is 3.58.